The maximum Gasteiger partial charge on any atom is 0.282 e. The van der Waals surface area contributed by atoms with Crippen LogP contribution in [0.1, 0.15) is 17.0 Å². The van der Waals surface area contributed by atoms with Gasteiger partial charge in [-0.05, 0) is 74.5 Å². The summed E-state index contributed by atoms with van der Waals surface area (Å²) in [5.74, 6) is 2.15. The monoisotopic (exact) mass is 544 g/mol. The summed E-state index contributed by atoms with van der Waals surface area (Å²) in [4.78, 5) is 18.5. The highest BCUT2D eigenvalue weighted by molar-refractivity contribution is 5.89. The number of nitrogens with zero attached hydrogens (tertiary/aromatic N) is 4. The zero-order valence-corrected chi connectivity index (χ0v) is 23.0. The van der Waals surface area contributed by atoms with Gasteiger partial charge < -0.3 is 18.5 Å². The number of furan rings is 1. The van der Waals surface area contributed by atoms with Crippen molar-refractivity contribution in [2.45, 2.75) is 13.8 Å². The third kappa shape index (κ3) is 4.69. The molecule has 41 heavy (non-hydrogen) atoms. The van der Waals surface area contributed by atoms with Crippen LogP contribution in [-0.4, -0.2) is 34.2 Å². The number of rotatable bonds is 8. The minimum Gasteiger partial charge on any atom is -0.496 e. The van der Waals surface area contributed by atoms with Crippen LogP contribution in [0.5, 0.6) is 11.5 Å². The summed E-state index contributed by atoms with van der Waals surface area (Å²) >= 11 is 0. The molecule has 0 aliphatic rings. The molecule has 8 nitrogen and oxygen atoms in total. The molecule has 8 heteroatoms. The minimum atomic E-state index is -0.293. The number of hydrogen-bond donors (Lipinski definition) is 0. The van der Waals surface area contributed by atoms with Crippen molar-refractivity contribution < 1.29 is 13.9 Å². The maximum absolute atomic E-state index is 13.7. The van der Waals surface area contributed by atoms with Crippen LogP contribution < -0.4 is 15.0 Å². The molecule has 6 aromatic rings. The van der Waals surface area contributed by atoms with E-state index < -0.39 is 0 Å². The van der Waals surface area contributed by atoms with Crippen LogP contribution >= 0.6 is 0 Å². The SMILES string of the molecule is C=CCOc1ccc(-n2c(C)cc(C=Nn3c(-c4cc5c(OC)cccc5o4)nc4ccccc4c3=O)c2C)cc1. The highest BCUT2D eigenvalue weighted by Gasteiger charge is 2.18. The number of ether oxygens (including phenoxy) is 2. The van der Waals surface area contributed by atoms with Crippen LogP contribution in [0.2, 0.25) is 0 Å². The third-order valence-corrected chi connectivity index (χ3v) is 6.96. The molecule has 3 heterocycles. The molecule has 0 unspecified atom stereocenters. The van der Waals surface area contributed by atoms with Gasteiger partial charge in [0.15, 0.2) is 5.76 Å². The van der Waals surface area contributed by atoms with Crippen molar-refractivity contribution in [3.05, 3.63) is 119 Å². The van der Waals surface area contributed by atoms with Gasteiger partial charge in [0, 0.05) is 22.6 Å². The Bertz CT molecular complexity index is 1990. The molecular formula is C33H28N4O4. The summed E-state index contributed by atoms with van der Waals surface area (Å²) in [7, 11) is 1.61. The molecule has 0 atom stereocenters. The van der Waals surface area contributed by atoms with Gasteiger partial charge in [0.05, 0.1) is 29.6 Å². The molecule has 0 aliphatic heterocycles. The Labute approximate surface area is 236 Å². The summed E-state index contributed by atoms with van der Waals surface area (Å²) < 4.78 is 20.7. The van der Waals surface area contributed by atoms with Crippen molar-refractivity contribution in [1.82, 2.24) is 14.2 Å². The fourth-order valence-corrected chi connectivity index (χ4v) is 4.99. The van der Waals surface area contributed by atoms with E-state index in [2.05, 4.69) is 16.2 Å². The standard InChI is InChI=1S/C33H28N4O4/c1-5-17-40-25-15-13-24(14-16-25)36-21(2)18-23(22(36)3)20-34-37-32(35-28-10-7-6-9-26(28)33(37)38)31-19-27-29(39-4)11-8-12-30(27)41-31/h5-16,18-20H,1,17H2,2-4H3. The first-order valence-corrected chi connectivity index (χ1v) is 13.1. The van der Waals surface area contributed by atoms with Crippen LogP contribution in [0, 0.1) is 13.8 Å². The fourth-order valence-electron chi connectivity index (χ4n) is 4.99. The molecule has 6 rings (SSSR count). The van der Waals surface area contributed by atoms with Crippen molar-refractivity contribution in [3.63, 3.8) is 0 Å². The van der Waals surface area contributed by atoms with Gasteiger partial charge in [-0.25, -0.2) is 4.98 Å². The van der Waals surface area contributed by atoms with Crippen LogP contribution in [0.15, 0.2) is 106 Å². The Balaban J connectivity index is 1.45. The lowest BCUT2D eigenvalue weighted by Crippen LogP contribution is -2.20. The van der Waals surface area contributed by atoms with E-state index in [9.17, 15) is 4.79 Å². The number of aromatic nitrogens is 3. The number of benzene rings is 3. The Morgan fingerprint density at radius 2 is 1.80 bits per heavy atom. The smallest absolute Gasteiger partial charge is 0.282 e. The Morgan fingerprint density at radius 3 is 2.59 bits per heavy atom. The van der Waals surface area contributed by atoms with Crippen LogP contribution in [0.3, 0.4) is 0 Å². The number of hydrogen-bond acceptors (Lipinski definition) is 6. The van der Waals surface area contributed by atoms with Gasteiger partial charge in [0.25, 0.3) is 5.56 Å². The summed E-state index contributed by atoms with van der Waals surface area (Å²) in [6.45, 7) is 8.19. The average Bonchev–Trinajstić information content (AvgIpc) is 3.55. The van der Waals surface area contributed by atoms with E-state index in [1.165, 1.54) is 4.68 Å². The summed E-state index contributed by atoms with van der Waals surface area (Å²) in [5.41, 5.74) is 4.75. The lowest BCUT2D eigenvalue weighted by Gasteiger charge is -2.11. The quantitative estimate of drug-likeness (QED) is 0.158. The summed E-state index contributed by atoms with van der Waals surface area (Å²) in [6, 6.07) is 24.5. The predicted molar refractivity (Wildman–Crippen MR) is 162 cm³/mol. The zero-order chi connectivity index (χ0) is 28.5. The van der Waals surface area contributed by atoms with Crippen LogP contribution in [0.4, 0.5) is 0 Å². The number of methoxy groups -OCH3 is 1. The molecule has 3 aromatic carbocycles. The first-order valence-electron chi connectivity index (χ1n) is 13.1. The highest BCUT2D eigenvalue weighted by atomic mass is 16.5. The molecule has 0 fully saturated rings. The first-order chi connectivity index (χ1) is 20.0. The van der Waals surface area contributed by atoms with Crippen molar-refractivity contribution >= 4 is 28.1 Å². The molecule has 3 aromatic heterocycles. The predicted octanol–water partition coefficient (Wildman–Crippen LogP) is 6.67. The summed E-state index contributed by atoms with van der Waals surface area (Å²) in [5, 5.41) is 5.90. The molecule has 204 valence electrons. The minimum absolute atomic E-state index is 0.293. The second kappa shape index (κ2) is 10.7. The normalized spacial score (nSPS) is 11.5. The fraction of sp³-hybridized carbons (Fsp3) is 0.121. The average molecular weight is 545 g/mol. The lowest BCUT2D eigenvalue weighted by molar-refractivity contribution is 0.363. The molecule has 0 saturated heterocycles. The van der Waals surface area contributed by atoms with E-state index in [0.717, 1.165) is 33.8 Å². The largest absolute Gasteiger partial charge is 0.496 e. The number of aryl methyl sites for hydroxylation is 1. The Kier molecular flexibility index (Phi) is 6.73. The lowest BCUT2D eigenvalue weighted by atomic mass is 10.2. The van der Waals surface area contributed by atoms with E-state index in [0.29, 0.717) is 40.4 Å². The number of fused-ring (bicyclic) bond motifs is 2. The van der Waals surface area contributed by atoms with Gasteiger partial charge in [-0.2, -0.15) is 9.78 Å². The van der Waals surface area contributed by atoms with Crippen molar-refractivity contribution in [3.8, 4) is 28.8 Å². The van der Waals surface area contributed by atoms with Gasteiger partial charge >= 0.3 is 0 Å². The Hall–Kier alpha value is -5.37. The van der Waals surface area contributed by atoms with Gasteiger partial charge in [0.2, 0.25) is 5.82 Å². The maximum atomic E-state index is 13.7. The second-order valence-electron chi connectivity index (χ2n) is 9.55. The van der Waals surface area contributed by atoms with Crippen LogP contribution in [-0.2, 0) is 0 Å². The van der Waals surface area contributed by atoms with Crippen molar-refractivity contribution in [2.75, 3.05) is 13.7 Å². The zero-order valence-electron chi connectivity index (χ0n) is 23.0. The van der Waals surface area contributed by atoms with Gasteiger partial charge in [-0.3, -0.25) is 4.79 Å². The van der Waals surface area contributed by atoms with E-state index in [1.54, 1.807) is 31.5 Å². The van der Waals surface area contributed by atoms with E-state index >= 15 is 0 Å². The molecule has 0 amide bonds. The summed E-state index contributed by atoms with van der Waals surface area (Å²) in [6.07, 6.45) is 3.40. The first kappa shape index (κ1) is 25.9. The van der Waals surface area contributed by atoms with E-state index in [1.807, 2.05) is 80.6 Å². The van der Waals surface area contributed by atoms with Crippen molar-refractivity contribution in [1.29, 1.82) is 0 Å². The van der Waals surface area contributed by atoms with Gasteiger partial charge in [-0.15, -0.1) is 0 Å². The molecular weight excluding hydrogens is 516 g/mol. The van der Waals surface area contributed by atoms with E-state index in [4.69, 9.17) is 18.9 Å². The van der Waals surface area contributed by atoms with E-state index in [-0.39, 0.29) is 5.56 Å². The Morgan fingerprint density at radius 1 is 1.00 bits per heavy atom. The molecule has 0 bridgehead atoms. The van der Waals surface area contributed by atoms with Crippen molar-refractivity contribution in [2.24, 2.45) is 5.10 Å². The molecule has 0 spiro atoms. The highest BCUT2D eigenvalue weighted by Crippen LogP contribution is 2.33. The molecule has 0 radical (unpaired) electrons. The third-order valence-electron chi connectivity index (χ3n) is 6.96. The van der Waals surface area contributed by atoms with Gasteiger partial charge in [0.1, 0.15) is 23.7 Å². The van der Waals surface area contributed by atoms with Gasteiger partial charge in [-0.1, -0.05) is 30.9 Å². The molecule has 0 N–H and O–H groups in total. The number of para-hydroxylation sites is 1. The molecule has 0 aliphatic carbocycles. The second-order valence-corrected chi connectivity index (χ2v) is 9.55. The molecule has 0 saturated carbocycles. The topological polar surface area (TPSA) is 83.8 Å². The van der Waals surface area contributed by atoms with Crippen LogP contribution in [0.25, 0.3) is 39.1 Å².